The monoisotopic (exact) mass is 661 g/mol. The van der Waals surface area contributed by atoms with Gasteiger partial charge in [0.2, 0.25) is 0 Å². The number of aromatic amines is 1. The van der Waals surface area contributed by atoms with E-state index in [1.165, 1.54) is 39.2 Å². The van der Waals surface area contributed by atoms with Crippen LogP contribution >= 0.6 is 27.5 Å². The summed E-state index contributed by atoms with van der Waals surface area (Å²) >= 11 is 9.63. The molecule has 1 aliphatic rings. The molecule has 0 bridgehead atoms. The Bertz CT molecular complexity index is 1760. The summed E-state index contributed by atoms with van der Waals surface area (Å²) < 4.78 is 54.9. The van der Waals surface area contributed by atoms with Crippen LogP contribution in [0.2, 0.25) is 5.02 Å². The van der Waals surface area contributed by atoms with E-state index in [2.05, 4.69) is 30.5 Å². The van der Waals surface area contributed by atoms with Crippen LogP contribution in [-0.2, 0) is 33.1 Å². The van der Waals surface area contributed by atoms with E-state index in [-0.39, 0.29) is 39.2 Å². The lowest BCUT2D eigenvalue weighted by atomic mass is 10.1. The Labute approximate surface area is 240 Å². The molecule has 39 heavy (non-hydrogen) atoms. The van der Waals surface area contributed by atoms with Crippen molar-refractivity contribution in [3.63, 3.8) is 0 Å². The average Bonchev–Trinajstić information content (AvgIpc) is 3.28. The van der Waals surface area contributed by atoms with Gasteiger partial charge >= 0.3 is 5.69 Å². The molecule has 0 spiro atoms. The number of aromatic nitrogens is 2. The predicted molar refractivity (Wildman–Crippen MR) is 154 cm³/mol. The zero-order valence-electron chi connectivity index (χ0n) is 21.6. The van der Waals surface area contributed by atoms with E-state index in [0.29, 0.717) is 36.0 Å². The Morgan fingerprint density at radius 2 is 1.82 bits per heavy atom. The fraction of sp³-hybridized carbons (Fsp3) is 0.417. The summed E-state index contributed by atoms with van der Waals surface area (Å²) in [6, 6.07) is 7.41. The van der Waals surface area contributed by atoms with Gasteiger partial charge in [-0.3, -0.25) is 14.3 Å². The maximum absolute atomic E-state index is 13.4. The Hall–Kier alpha value is -2.07. The quantitative estimate of drug-likeness (QED) is 0.357. The summed E-state index contributed by atoms with van der Waals surface area (Å²) in [6.45, 7) is 2.91. The standard InChI is InChI=1S/C24H29BrClN5O6S2/c1-4-38(34,35)22-6-5-17(26)9-16(22)13-31-23(32)19-11-20(25)15(10-21(19)27-24(31)33)12-30-8-7-18(14-30)28-39(36,37)29(2)3/h5-6,9-11,18,28H,4,7-8,12-14H2,1-3H3,(H,27,33)/t18-/m1/s1. The number of hydrogen-bond acceptors (Lipinski definition) is 7. The van der Waals surface area contributed by atoms with Crippen molar-refractivity contribution in [3.8, 4) is 0 Å². The molecule has 1 aliphatic heterocycles. The number of halogens is 2. The minimum atomic E-state index is -3.61. The highest BCUT2D eigenvalue weighted by Gasteiger charge is 2.28. The van der Waals surface area contributed by atoms with Crippen molar-refractivity contribution in [2.75, 3.05) is 32.9 Å². The fourth-order valence-electron chi connectivity index (χ4n) is 4.51. The second kappa shape index (κ2) is 11.4. The van der Waals surface area contributed by atoms with Gasteiger partial charge in [0.05, 0.1) is 28.1 Å². The van der Waals surface area contributed by atoms with Crippen LogP contribution in [0.15, 0.2) is 49.3 Å². The third-order valence-corrected chi connectivity index (χ3v) is 11.1. The number of sulfone groups is 1. The molecule has 0 radical (unpaired) electrons. The lowest BCUT2D eigenvalue weighted by Gasteiger charge is -2.19. The van der Waals surface area contributed by atoms with Crippen molar-refractivity contribution >= 4 is 58.5 Å². The fourth-order valence-corrected chi connectivity index (χ4v) is 7.11. The predicted octanol–water partition coefficient (Wildman–Crippen LogP) is 1.92. The Kier molecular flexibility index (Phi) is 8.76. The second-order valence-corrected chi connectivity index (χ2v) is 15.0. The van der Waals surface area contributed by atoms with Crippen LogP contribution in [0.25, 0.3) is 10.9 Å². The first-order valence-electron chi connectivity index (χ1n) is 12.1. The molecule has 1 aromatic heterocycles. The van der Waals surface area contributed by atoms with Crippen LogP contribution in [-0.4, -0.2) is 74.6 Å². The Morgan fingerprint density at radius 1 is 1.10 bits per heavy atom. The van der Waals surface area contributed by atoms with Gasteiger partial charge in [-0.2, -0.15) is 17.4 Å². The van der Waals surface area contributed by atoms with E-state index < -0.39 is 31.3 Å². The smallest absolute Gasteiger partial charge is 0.307 e. The first-order valence-corrected chi connectivity index (χ1v) is 16.4. The molecule has 1 saturated heterocycles. The summed E-state index contributed by atoms with van der Waals surface area (Å²) in [5.74, 6) is -0.139. The highest BCUT2D eigenvalue weighted by atomic mass is 79.9. The van der Waals surface area contributed by atoms with E-state index in [0.717, 1.165) is 14.4 Å². The van der Waals surface area contributed by atoms with E-state index >= 15 is 0 Å². The van der Waals surface area contributed by atoms with Gasteiger partial charge in [0.1, 0.15) is 0 Å². The zero-order valence-corrected chi connectivity index (χ0v) is 25.5. The molecule has 2 aromatic carbocycles. The van der Waals surface area contributed by atoms with E-state index in [9.17, 15) is 26.4 Å². The largest absolute Gasteiger partial charge is 0.329 e. The second-order valence-electron chi connectivity index (χ2n) is 9.59. The van der Waals surface area contributed by atoms with Gasteiger partial charge in [-0.15, -0.1) is 0 Å². The number of hydrogen-bond donors (Lipinski definition) is 2. The Morgan fingerprint density at radius 3 is 2.49 bits per heavy atom. The van der Waals surface area contributed by atoms with Crippen molar-refractivity contribution in [1.29, 1.82) is 0 Å². The molecule has 0 saturated carbocycles. The highest BCUT2D eigenvalue weighted by Crippen LogP contribution is 2.25. The van der Waals surface area contributed by atoms with Gasteiger partial charge in [0.25, 0.3) is 15.8 Å². The molecule has 0 aliphatic carbocycles. The number of rotatable bonds is 9. The molecule has 11 nitrogen and oxygen atoms in total. The van der Waals surface area contributed by atoms with E-state index in [1.54, 1.807) is 12.1 Å². The summed E-state index contributed by atoms with van der Waals surface area (Å²) in [5.41, 5.74) is 0.161. The molecular formula is C24H29BrClN5O6S2. The lowest BCUT2D eigenvalue weighted by molar-refractivity contribution is 0.323. The van der Waals surface area contributed by atoms with Crippen molar-refractivity contribution in [2.24, 2.45) is 0 Å². The van der Waals surface area contributed by atoms with Crippen LogP contribution in [0.5, 0.6) is 0 Å². The van der Waals surface area contributed by atoms with Gasteiger partial charge in [0, 0.05) is 49.3 Å². The molecule has 1 atom stereocenters. The van der Waals surface area contributed by atoms with Crippen LogP contribution < -0.4 is 16.0 Å². The van der Waals surface area contributed by atoms with E-state index in [1.807, 2.05) is 0 Å². The molecule has 4 rings (SSSR count). The summed E-state index contributed by atoms with van der Waals surface area (Å²) in [7, 11) is -4.21. The Balaban J connectivity index is 1.63. The van der Waals surface area contributed by atoms with Gasteiger partial charge in [-0.1, -0.05) is 34.5 Å². The lowest BCUT2D eigenvalue weighted by Crippen LogP contribution is -2.43. The first kappa shape index (κ1) is 29.9. The van der Waals surface area contributed by atoms with Crippen LogP contribution in [0.3, 0.4) is 0 Å². The van der Waals surface area contributed by atoms with Gasteiger partial charge in [-0.05, 0) is 47.9 Å². The minimum Gasteiger partial charge on any atom is -0.307 e. The molecule has 3 aromatic rings. The summed E-state index contributed by atoms with van der Waals surface area (Å²) in [6.07, 6.45) is 0.652. The van der Waals surface area contributed by atoms with E-state index in [4.69, 9.17) is 11.6 Å². The number of benzene rings is 2. The third kappa shape index (κ3) is 6.47. The molecule has 0 amide bonds. The zero-order chi connectivity index (χ0) is 28.7. The number of nitrogens with one attached hydrogen (secondary N) is 2. The molecule has 15 heteroatoms. The maximum atomic E-state index is 13.4. The van der Waals surface area contributed by atoms with Crippen LogP contribution in [0.1, 0.15) is 24.5 Å². The number of fused-ring (bicyclic) bond motifs is 1. The number of H-pyrrole nitrogens is 1. The molecular weight excluding hydrogens is 634 g/mol. The summed E-state index contributed by atoms with van der Waals surface area (Å²) in [5, 5.41) is 0.543. The third-order valence-electron chi connectivity index (χ3n) is 6.68. The van der Waals surface area contributed by atoms with Crippen molar-refractivity contribution in [2.45, 2.75) is 37.4 Å². The van der Waals surface area contributed by atoms with Crippen LogP contribution in [0, 0.1) is 0 Å². The van der Waals surface area contributed by atoms with Gasteiger partial charge < -0.3 is 4.98 Å². The normalized spacial score (nSPS) is 16.9. The average molecular weight is 663 g/mol. The maximum Gasteiger partial charge on any atom is 0.329 e. The number of likely N-dealkylation sites (tertiary alicyclic amines) is 1. The van der Waals surface area contributed by atoms with Gasteiger partial charge in [0.15, 0.2) is 9.84 Å². The molecule has 2 N–H and O–H groups in total. The molecule has 1 fully saturated rings. The van der Waals surface area contributed by atoms with Gasteiger partial charge in [-0.25, -0.2) is 13.2 Å². The topological polar surface area (TPSA) is 142 Å². The van der Waals surface area contributed by atoms with Crippen LogP contribution in [0.4, 0.5) is 0 Å². The minimum absolute atomic E-state index is 0.0223. The van der Waals surface area contributed by atoms with Crippen molar-refractivity contribution in [1.82, 2.24) is 23.5 Å². The summed E-state index contributed by atoms with van der Waals surface area (Å²) in [4.78, 5) is 31.2. The molecule has 212 valence electrons. The SMILES string of the molecule is CCS(=O)(=O)c1ccc(Cl)cc1Cn1c(=O)[nH]c2cc(CN3CC[C@@H](NS(=O)(=O)N(C)C)C3)c(Br)cc2c1=O. The highest BCUT2D eigenvalue weighted by molar-refractivity contribution is 9.10. The molecule has 0 unspecified atom stereocenters. The first-order chi connectivity index (χ1) is 18.2. The number of nitrogens with zero attached hydrogens (tertiary/aromatic N) is 3. The molecule has 2 heterocycles. The van der Waals surface area contributed by atoms with Crippen molar-refractivity contribution in [3.05, 3.63) is 71.8 Å². The van der Waals surface area contributed by atoms with Crippen molar-refractivity contribution < 1.29 is 16.8 Å².